The molecular weight excluding hydrogens is 440 g/mol. The lowest BCUT2D eigenvalue weighted by Gasteiger charge is -2.45. The Morgan fingerprint density at radius 1 is 0.824 bits per heavy atom. The molecule has 5 heteroatoms. The molecule has 1 saturated carbocycles. The summed E-state index contributed by atoms with van der Waals surface area (Å²) in [5.74, 6) is 0.258. The average molecular weight is 477 g/mol. The zero-order valence-corrected chi connectivity index (χ0v) is 20.9. The highest BCUT2D eigenvalue weighted by Crippen LogP contribution is 2.40. The number of sulfonamides is 1. The van der Waals surface area contributed by atoms with Crippen LogP contribution in [0.2, 0.25) is 0 Å². The zero-order chi connectivity index (χ0) is 23.5. The van der Waals surface area contributed by atoms with Gasteiger partial charge in [0, 0.05) is 6.04 Å². The molecule has 1 heterocycles. The maximum atomic E-state index is 13.6. The fourth-order valence-electron chi connectivity index (χ4n) is 5.99. The highest BCUT2D eigenvalue weighted by molar-refractivity contribution is 7.89. The first-order valence-corrected chi connectivity index (χ1v) is 14.3. The van der Waals surface area contributed by atoms with Crippen molar-refractivity contribution in [2.45, 2.75) is 68.8 Å². The Morgan fingerprint density at radius 2 is 1.53 bits per heavy atom. The van der Waals surface area contributed by atoms with Crippen LogP contribution in [0, 0.1) is 12.8 Å². The van der Waals surface area contributed by atoms with Gasteiger partial charge in [0.05, 0.1) is 10.9 Å². The maximum Gasteiger partial charge on any atom is 0.241 e. The molecule has 0 radical (unpaired) electrons. The van der Waals surface area contributed by atoms with Crippen LogP contribution in [0.4, 0.5) is 0 Å². The van der Waals surface area contributed by atoms with Gasteiger partial charge in [0.1, 0.15) is 0 Å². The van der Waals surface area contributed by atoms with Crippen molar-refractivity contribution in [2.24, 2.45) is 5.92 Å². The third-order valence-electron chi connectivity index (χ3n) is 7.82. The molecule has 1 saturated heterocycles. The van der Waals surface area contributed by atoms with Crippen LogP contribution < -0.4 is 4.72 Å². The Bertz CT molecular complexity index is 1220. The SMILES string of the molecule is Cc1ccc(S(=O)(=O)N[C@@H](c2ccc3ccccc3c2)[C@@H]2CCCC[C@H]2N2CCCCC2)cc1. The molecular formula is C29H36N2O2S. The summed E-state index contributed by atoms with van der Waals surface area (Å²) >= 11 is 0. The van der Waals surface area contributed by atoms with Crippen LogP contribution in [0.25, 0.3) is 10.8 Å². The van der Waals surface area contributed by atoms with Crippen molar-refractivity contribution in [3.8, 4) is 0 Å². The van der Waals surface area contributed by atoms with Crippen molar-refractivity contribution in [3.63, 3.8) is 0 Å². The minimum atomic E-state index is -3.65. The lowest BCUT2D eigenvalue weighted by molar-refractivity contribution is 0.0695. The molecule has 3 atom stereocenters. The Labute approximate surface area is 204 Å². The van der Waals surface area contributed by atoms with Gasteiger partial charge in [0.15, 0.2) is 0 Å². The number of fused-ring (bicyclic) bond motifs is 1. The molecule has 0 spiro atoms. The van der Waals surface area contributed by atoms with Crippen molar-refractivity contribution in [1.29, 1.82) is 0 Å². The summed E-state index contributed by atoms with van der Waals surface area (Å²) < 4.78 is 30.4. The number of benzene rings is 3. The summed E-state index contributed by atoms with van der Waals surface area (Å²) in [4.78, 5) is 3.00. The largest absolute Gasteiger partial charge is 0.300 e. The van der Waals surface area contributed by atoms with Gasteiger partial charge in [-0.25, -0.2) is 13.1 Å². The van der Waals surface area contributed by atoms with E-state index in [1.807, 2.05) is 25.1 Å². The first-order valence-electron chi connectivity index (χ1n) is 12.8. The quantitative estimate of drug-likeness (QED) is 0.460. The molecule has 1 N–H and O–H groups in total. The molecule has 0 bridgehead atoms. The van der Waals surface area contributed by atoms with Crippen LogP contribution in [0.3, 0.4) is 0 Å². The topological polar surface area (TPSA) is 49.4 Å². The lowest BCUT2D eigenvalue weighted by Crippen LogP contribution is -2.49. The van der Waals surface area contributed by atoms with Crippen molar-refractivity contribution in [1.82, 2.24) is 9.62 Å². The van der Waals surface area contributed by atoms with Gasteiger partial charge in [-0.1, -0.05) is 73.4 Å². The van der Waals surface area contributed by atoms with E-state index >= 15 is 0 Å². The second-order valence-electron chi connectivity index (χ2n) is 10.1. The molecule has 2 fully saturated rings. The second-order valence-corrected chi connectivity index (χ2v) is 11.8. The molecule has 34 heavy (non-hydrogen) atoms. The first-order chi connectivity index (χ1) is 16.5. The van der Waals surface area contributed by atoms with Crippen molar-refractivity contribution >= 4 is 20.8 Å². The van der Waals surface area contributed by atoms with Crippen LogP contribution in [0.1, 0.15) is 62.1 Å². The number of rotatable bonds is 6. The van der Waals surface area contributed by atoms with Gasteiger partial charge in [0.25, 0.3) is 0 Å². The summed E-state index contributed by atoms with van der Waals surface area (Å²) in [7, 11) is -3.65. The molecule has 0 unspecified atom stereocenters. The summed E-state index contributed by atoms with van der Waals surface area (Å²) in [6, 6.07) is 22.2. The van der Waals surface area contributed by atoms with Crippen molar-refractivity contribution in [2.75, 3.05) is 13.1 Å². The molecule has 3 aromatic carbocycles. The molecule has 4 nitrogen and oxygen atoms in total. The highest BCUT2D eigenvalue weighted by atomic mass is 32.2. The molecule has 3 aromatic rings. The molecule has 0 amide bonds. The molecule has 2 aliphatic rings. The van der Waals surface area contributed by atoms with Gasteiger partial charge >= 0.3 is 0 Å². The van der Waals surface area contributed by atoms with E-state index in [1.54, 1.807) is 12.1 Å². The minimum absolute atomic E-state index is 0.247. The predicted molar refractivity (Wildman–Crippen MR) is 139 cm³/mol. The van der Waals surface area contributed by atoms with E-state index in [1.165, 1.54) is 31.1 Å². The minimum Gasteiger partial charge on any atom is -0.300 e. The third-order valence-corrected chi connectivity index (χ3v) is 9.27. The van der Waals surface area contributed by atoms with Crippen molar-refractivity contribution in [3.05, 3.63) is 77.9 Å². The number of piperidine rings is 1. The first kappa shape index (κ1) is 23.5. The number of nitrogens with zero attached hydrogens (tertiary/aromatic N) is 1. The van der Waals surface area contributed by atoms with E-state index in [0.717, 1.165) is 48.9 Å². The smallest absolute Gasteiger partial charge is 0.241 e. The summed E-state index contributed by atoms with van der Waals surface area (Å²) in [5, 5.41) is 2.34. The van der Waals surface area contributed by atoms with Gasteiger partial charge in [-0.3, -0.25) is 0 Å². The highest BCUT2D eigenvalue weighted by Gasteiger charge is 2.38. The number of likely N-dealkylation sites (tertiary alicyclic amines) is 1. The Hall–Kier alpha value is -2.21. The third kappa shape index (κ3) is 5.07. The van der Waals surface area contributed by atoms with E-state index in [0.29, 0.717) is 10.9 Å². The van der Waals surface area contributed by atoms with Crippen LogP contribution in [-0.2, 0) is 10.0 Å². The summed E-state index contributed by atoms with van der Waals surface area (Å²) in [6.07, 6.45) is 8.40. The Morgan fingerprint density at radius 3 is 2.29 bits per heavy atom. The molecule has 5 rings (SSSR count). The van der Waals surface area contributed by atoms with Gasteiger partial charge in [-0.15, -0.1) is 0 Å². The summed E-state index contributed by atoms with van der Waals surface area (Å²) in [6.45, 7) is 4.25. The molecule has 180 valence electrons. The second kappa shape index (κ2) is 10.2. The van der Waals surface area contributed by atoms with E-state index < -0.39 is 10.0 Å². The van der Waals surface area contributed by atoms with Crippen LogP contribution in [-0.4, -0.2) is 32.4 Å². The number of aryl methyl sites for hydroxylation is 1. The van der Waals surface area contributed by atoms with Crippen LogP contribution >= 0.6 is 0 Å². The normalized spacial score (nSPS) is 23.1. The predicted octanol–water partition coefficient (Wildman–Crippen LogP) is 6.21. The standard InChI is InChI=1S/C29H36N2O2S/c1-22-13-17-26(18-14-22)34(32,33)30-29(25-16-15-23-9-3-4-10-24(23)21-25)27-11-5-6-12-28(27)31-19-7-2-8-20-31/h3-4,9-10,13-18,21,27-30H,2,5-8,11-12,19-20H2,1H3/t27-,28-,29+/m1/s1. The van der Waals surface area contributed by atoms with Gasteiger partial charge in [0.2, 0.25) is 10.0 Å². The zero-order valence-electron chi connectivity index (χ0n) is 20.1. The fourth-order valence-corrected chi connectivity index (χ4v) is 7.26. The number of hydrogen-bond acceptors (Lipinski definition) is 3. The monoisotopic (exact) mass is 476 g/mol. The van der Waals surface area contributed by atoms with Crippen molar-refractivity contribution < 1.29 is 8.42 Å². The summed E-state index contributed by atoms with van der Waals surface area (Å²) in [5.41, 5.74) is 2.13. The van der Waals surface area contributed by atoms with Crippen LogP contribution in [0.5, 0.6) is 0 Å². The van der Waals surface area contributed by atoms with Crippen LogP contribution in [0.15, 0.2) is 71.6 Å². The van der Waals surface area contributed by atoms with E-state index in [-0.39, 0.29) is 12.0 Å². The Balaban J connectivity index is 1.54. The van der Waals surface area contributed by atoms with E-state index in [9.17, 15) is 8.42 Å². The van der Waals surface area contributed by atoms with Gasteiger partial charge in [-0.2, -0.15) is 0 Å². The number of hydrogen-bond donors (Lipinski definition) is 1. The van der Waals surface area contributed by atoms with Gasteiger partial charge in [-0.05, 0) is 86.1 Å². The maximum absolute atomic E-state index is 13.6. The van der Waals surface area contributed by atoms with Gasteiger partial charge < -0.3 is 4.90 Å². The Kier molecular flexibility index (Phi) is 7.05. The van der Waals surface area contributed by atoms with E-state index in [4.69, 9.17) is 0 Å². The average Bonchev–Trinajstić information content (AvgIpc) is 2.88. The fraction of sp³-hybridized carbons (Fsp3) is 0.448. The molecule has 1 aliphatic carbocycles. The number of nitrogens with one attached hydrogen (secondary N) is 1. The molecule has 1 aliphatic heterocycles. The lowest BCUT2D eigenvalue weighted by atomic mass is 9.76. The molecule has 0 aromatic heterocycles. The van der Waals surface area contributed by atoms with E-state index in [2.05, 4.69) is 46.0 Å².